The summed E-state index contributed by atoms with van der Waals surface area (Å²) in [6.45, 7) is 10.4. The average molecular weight is 392 g/mol. The van der Waals surface area contributed by atoms with E-state index in [0.29, 0.717) is 24.5 Å². The molecule has 6 nitrogen and oxygen atoms in total. The number of nitrogens with one attached hydrogen (secondary N) is 2. The van der Waals surface area contributed by atoms with Crippen molar-refractivity contribution >= 4 is 5.91 Å². The van der Waals surface area contributed by atoms with Crippen molar-refractivity contribution in [2.75, 3.05) is 46.9 Å². The number of carbonyl (C=O) groups is 1. The lowest BCUT2D eigenvalue weighted by Gasteiger charge is -2.40. The first kappa shape index (κ1) is 20.9. The number of piperidine rings is 1. The predicted octanol–water partition coefficient (Wildman–Crippen LogP) is -0.223. The van der Waals surface area contributed by atoms with Crippen molar-refractivity contribution < 1.29 is 24.1 Å². The SMILES string of the molecule is COc1ccc(C[NH+]2CC[NH+](CC(=O)N3[C@H](C)CCC[C@@H]3C)CC2)cc1OC. The molecule has 0 spiro atoms. The molecule has 1 amide bonds. The van der Waals surface area contributed by atoms with Crippen LogP contribution in [0.5, 0.6) is 11.5 Å². The number of rotatable bonds is 6. The first-order valence-corrected chi connectivity index (χ1v) is 10.7. The van der Waals surface area contributed by atoms with Crippen LogP contribution in [0.25, 0.3) is 0 Å². The number of amides is 1. The molecule has 2 aliphatic rings. The van der Waals surface area contributed by atoms with Gasteiger partial charge in [0.2, 0.25) is 0 Å². The number of benzene rings is 1. The normalized spacial score (nSPS) is 28.1. The molecule has 0 bridgehead atoms. The fraction of sp³-hybridized carbons (Fsp3) is 0.682. The smallest absolute Gasteiger partial charge is 0.278 e. The topological polar surface area (TPSA) is 47.7 Å². The molecular formula is C22H37N3O3+2. The molecular weight excluding hydrogens is 354 g/mol. The van der Waals surface area contributed by atoms with Crippen LogP contribution >= 0.6 is 0 Å². The van der Waals surface area contributed by atoms with Gasteiger partial charge in [0, 0.05) is 17.6 Å². The van der Waals surface area contributed by atoms with E-state index in [1.54, 1.807) is 19.1 Å². The summed E-state index contributed by atoms with van der Waals surface area (Å²) < 4.78 is 10.7. The molecule has 2 saturated heterocycles. The number of ether oxygens (including phenoxy) is 2. The van der Waals surface area contributed by atoms with Crippen LogP contribution < -0.4 is 19.3 Å². The van der Waals surface area contributed by atoms with Crippen molar-refractivity contribution in [2.24, 2.45) is 0 Å². The molecule has 0 unspecified atom stereocenters. The molecule has 2 N–H and O–H groups in total. The zero-order valence-corrected chi connectivity index (χ0v) is 17.9. The molecule has 0 aromatic heterocycles. The number of methoxy groups -OCH3 is 2. The van der Waals surface area contributed by atoms with Gasteiger partial charge in [-0.25, -0.2) is 0 Å². The predicted molar refractivity (Wildman–Crippen MR) is 109 cm³/mol. The summed E-state index contributed by atoms with van der Waals surface area (Å²) in [5, 5.41) is 0. The van der Waals surface area contributed by atoms with Crippen molar-refractivity contribution in [1.82, 2.24) is 4.90 Å². The second-order valence-electron chi connectivity index (χ2n) is 8.47. The molecule has 1 aromatic carbocycles. The van der Waals surface area contributed by atoms with Gasteiger partial charge in [-0.15, -0.1) is 0 Å². The van der Waals surface area contributed by atoms with E-state index in [0.717, 1.165) is 57.1 Å². The second kappa shape index (κ2) is 9.61. The van der Waals surface area contributed by atoms with Crippen LogP contribution in [0.15, 0.2) is 18.2 Å². The number of hydrogen-bond donors (Lipinski definition) is 2. The van der Waals surface area contributed by atoms with Crippen molar-refractivity contribution in [3.05, 3.63) is 23.8 Å². The molecule has 0 saturated carbocycles. The third-order valence-electron chi connectivity index (χ3n) is 6.45. The van der Waals surface area contributed by atoms with Crippen LogP contribution in [0, 0.1) is 0 Å². The Morgan fingerprint density at radius 3 is 2.21 bits per heavy atom. The molecule has 2 aliphatic heterocycles. The summed E-state index contributed by atoms with van der Waals surface area (Å²) in [4.78, 5) is 18.0. The van der Waals surface area contributed by atoms with Gasteiger partial charge in [-0.05, 0) is 51.3 Å². The fourth-order valence-electron chi connectivity index (χ4n) is 4.81. The molecule has 2 heterocycles. The van der Waals surface area contributed by atoms with Gasteiger partial charge in [0.05, 0.1) is 14.2 Å². The van der Waals surface area contributed by atoms with E-state index in [1.807, 2.05) is 6.07 Å². The maximum atomic E-state index is 12.9. The highest BCUT2D eigenvalue weighted by atomic mass is 16.5. The van der Waals surface area contributed by atoms with E-state index in [1.165, 1.54) is 16.9 Å². The van der Waals surface area contributed by atoms with Gasteiger partial charge in [0.25, 0.3) is 5.91 Å². The lowest BCUT2D eigenvalue weighted by Crippen LogP contribution is -3.28. The highest BCUT2D eigenvalue weighted by molar-refractivity contribution is 5.77. The van der Waals surface area contributed by atoms with Crippen LogP contribution in [0.1, 0.15) is 38.7 Å². The Morgan fingerprint density at radius 1 is 1.00 bits per heavy atom. The molecule has 0 aliphatic carbocycles. The maximum Gasteiger partial charge on any atom is 0.278 e. The third-order valence-corrected chi connectivity index (χ3v) is 6.45. The summed E-state index contributed by atoms with van der Waals surface area (Å²) >= 11 is 0. The number of carbonyl (C=O) groups excluding carboxylic acids is 1. The van der Waals surface area contributed by atoms with E-state index in [4.69, 9.17) is 9.47 Å². The Balaban J connectivity index is 1.48. The van der Waals surface area contributed by atoms with Gasteiger partial charge in [-0.1, -0.05) is 0 Å². The number of quaternary nitrogens is 2. The molecule has 0 radical (unpaired) electrons. The molecule has 1 aromatic rings. The Hall–Kier alpha value is -1.79. The minimum absolute atomic E-state index is 0.345. The van der Waals surface area contributed by atoms with Crippen molar-refractivity contribution in [3.63, 3.8) is 0 Å². The Labute approximate surface area is 169 Å². The summed E-state index contributed by atoms with van der Waals surface area (Å²) in [5.74, 6) is 1.91. The summed E-state index contributed by atoms with van der Waals surface area (Å²) in [6.07, 6.45) is 3.54. The van der Waals surface area contributed by atoms with Gasteiger partial charge >= 0.3 is 0 Å². The lowest BCUT2D eigenvalue weighted by molar-refractivity contribution is -1.02. The van der Waals surface area contributed by atoms with Gasteiger partial charge < -0.3 is 24.2 Å². The van der Waals surface area contributed by atoms with Crippen LogP contribution in [0.3, 0.4) is 0 Å². The van der Waals surface area contributed by atoms with Crippen molar-refractivity contribution in [2.45, 2.75) is 51.7 Å². The van der Waals surface area contributed by atoms with Crippen LogP contribution in [0.4, 0.5) is 0 Å². The minimum atomic E-state index is 0.345. The zero-order chi connectivity index (χ0) is 20.1. The van der Waals surface area contributed by atoms with E-state index < -0.39 is 0 Å². The Morgan fingerprint density at radius 2 is 1.61 bits per heavy atom. The Bertz CT molecular complexity index is 648. The van der Waals surface area contributed by atoms with Crippen molar-refractivity contribution in [1.29, 1.82) is 0 Å². The standard InChI is InChI=1S/C22H35N3O3/c1-17-6-5-7-18(2)25(17)22(26)16-24-12-10-23(11-13-24)15-19-8-9-20(27-3)21(14-19)28-4/h8-9,14,17-18H,5-7,10-13,15-16H2,1-4H3/p+2/t17-,18+. The van der Waals surface area contributed by atoms with Gasteiger partial charge in [-0.3, -0.25) is 4.79 Å². The highest BCUT2D eigenvalue weighted by Crippen LogP contribution is 2.27. The van der Waals surface area contributed by atoms with Crippen LogP contribution in [-0.4, -0.2) is 69.8 Å². The second-order valence-corrected chi connectivity index (χ2v) is 8.47. The Kier molecular flexibility index (Phi) is 7.18. The van der Waals surface area contributed by atoms with Crippen molar-refractivity contribution in [3.8, 4) is 11.5 Å². The molecule has 3 rings (SSSR count). The molecule has 6 heteroatoms. The first-order valence-electron chi connectivity index (χ1n) is 10.7. The fourth-order valence-corrected chi connectivity index (χ4v) is 4.81. The number of likely N-dealkylation sites (tertiary alicyclic amines) is 1. The van der Waals surface area contributed by atoms with Gasteiger partial charge in [0.1, 0.15) is 32.7 Å². The molecule has 2 atom stereocenters. The van der Waals surface area contributed by atoms with E-state index in [2.05, 4.69) is 30.9 Å². The summed E-state index contributed by atoms with van der Waals surface area (Å²) in [6, 6.07) is 6.97. The summed E-state index contributed by atoms with van der Waals surface area (Å²) in [5.41, 5.74) is 1.27. The quantitative estimate of drug-likeness (QED) is 0.705. The lowest BCUT2D eigenvalue weighted by atomic mass is 9.97. The molecule has 28 heavy (non-hydrogen) atoms. The molecule has 156 valence electrons. The minimum Gasteiger partial charge on any atom is -0.493 e. The van der Waals surface area contributed by atoms with E-state index in [-0.39, 0.29) is 0 Å². The zero-order valence-electron chi connectivity index (χ0n) is 17.9. The molecule has 2 fully saturated rings. The van der Waals surface area contributed by atoms with Gasteiger partial charge in [0.15, 0.2) is 18.0 Å². The van der Waals surface area contributed by atoms with E-state index in [9.17, 15) is 4.79 Å². The monoisotopic (exact) mass is 391 g/mol. The van der Waals surface area contributed by atoms with Crippen LogP contribution in [-0.2, 0) is 11.3 Å². The van der Waals surface area contributed by atoms with Crippen LogP contribution in [0.2, 0.25) is 0 Å². The van der Waals surface area contributed by atoms with E-state index >= 15 is 0 Å². The largest absolute Gasteiger partial charge is 0.493 e. The maximum absolute atomic E-state index is 12.9. The summed E-state index contributed by atoms with van der Waals surface area (Å²) in [7, 11) is 3.34. The number of piperazine rings is 1. The first-order chi connectivity index (χ1) is 13.5. The average Bonchev–Trinajstić information content (AvgIpc) is 2.69. The highest BCUT2D eigenvalue weighted by Gasteiger charge is 2.32. The number of nitrogens with zero attached hydrogens (tertiary/aromatic N) is 1. The van der Waals surface area contributed by atoms with Gasteiger partial charge in [-0.2, -0.15) is 0 Å². The number of hydrogen-bond acceptors (Lipinski definition) is 3. The third kappa shape index (κ3) is 4.97.